The molecule has 0 bridgehead atoms. The molecule has 172 valence electrons. The molecule has 1 saturated heterocycles. The van der Waals surface area contributed by atoms with Gasteiger partial charge in [-0.05, 0) is 50.7 Å². The first-order valence-electron chi connectivity index (χ1n) is 11.1. The smallest absolute Gasteiger partial charge is 0.169 e. The Hall–Kier alpha value is -3.72. The number of anilines is 3. The molecule has 9 heteroatoms. The fourth-order valence-corrected chi connectivity index (χ4v) is 3.99. The maximum Gasteiger partial charge on any atom is 0.169 e. The van der Waals surface area contributed by atoms with E-state index in [-0.39, 0.29) is 5.75 Å². The lowest BCUT2D eigenvalue weighted by atomic mass is 10.1. The average molecular weight is 447 g/mol. The van der Waals surface area contributed by atoms with E-state index in [0.29, 0.717) is 28.9 Å². The number of likely N-dealkylation sites (N-methyl/N-ethyl adjacent to an activating group) is 1. The second-order valence-corrected chi connectivity index (χ2v) is 8.07. The number of nitrogens with zero attached hydrogens (tertiary/aromatic N) is 6. The number of nitrogen functional groups attached to an aromatic ring is 1. The van der Waals surface area contributed by atoms with Gasteiger partial charge in [-0.15, -0.1) is 10.2 Å². The van der Waals surface area contributed by atoms with Crippen molar-refractivity contribution in [2.45, 2.75) is 19.4 Å². The molecule has 0 radical (unpaired) electrons. The molecule has 0 aliphatic carbocycles. The van der Waals surface area contributed by atoms with Gasteiger partial charge < -0.3 is 26.0 Å². The first-order valence-corrected chi connectivity index (χ1v) is 11.1. The maximum absolute atomic E-state index is 10.2. The van der Waals surface area contributed by atoms with Crippen LogP contribution in [0, 0.1) is 0 Å². The molecule has 3 aromatic rings. The number of phenolic OH excluding ortho intramolecular Hbond substituents is 1. The standard InChI is InChI=1S/C24H30N8O/c1-17-10-13-31(14-15-32(17)23-9-12-27-22(28-23)8-5-11-26-2)20-16-19(29-30-24(20)25)18-6-3-4-7-21(18)33/h3-9,12,16-17,26,33H,10-11,13-15H2,1-2H3,(H2,25,30)/b8-5+. The van der Waals surface area contributed by atoms with E-state index < -0.39 is 0 Å². The van der Waals surface area contributed by atoms with Crippen molar-refractivity contribution in [1.82, 2.24) is 25.5 Å². The first kappa shape index (κ1) is 22.5. The van der Waals surface area contributed by atoms with E-state index in [1.807, 2.05) is 43.5 Å². The third-order valence-electron chi connectivity index (χ3n) is 5.82. The minimum Gasteiger partial charge on any atom is -0.507 e. The maximum atomic E-state index is 10.2. The summed E-state index contributed by atoms with van der Waals surface area (Å²) in [6.45, 7) is 5.35. The quantitative estimate of drug-likeness (QED) is 0.525. The Morgan fingerprint density at radius 1 is 1.18 bits per heavy atom. The predicted octanol–water partition coefficient (Wildman–Crippen LogP) is 2.56. The van der Waals surface area contributed by atoms with Gasteiger partial charge in [0.25, 0.3) is 0 Å². The van der Waals surface area contributed by atoms with Crippen LogP contribution in [-0.2, 0) is 0 Å². The number of aromatic nitrogens is 4. The lowest BCUT2D eigenvalue weighted by Crippen LogP contribution is -2.35. The number of nitrogens with one attached hydrogen (secondary N) is 1. The summed E-state index contributed by atoms with van der Waals surface area (Å²) in [6.07, 6.45) is 6.68. The highest BCUT2D eigenvalue weighted by Gasteiger charge is 2.24. The fourth-order valence-electron chi connectivity index (χ4n) is 3.99. The summed E-state index contributed by atoms with van der Waals surface area (Å²) in [5, 5.41) is 21.7. The number of hydrogen-bond donors (Lipinski definition) is 3. The van der Waals surface area contributed by atoms with E-state index in [0.717, 1.165) is 44.1 Å². The van der Waals surface area contributed by atoms with Crippen LogP contribution in [-0.4, -0.2) is 64.5 Å². The van der Waals surface area contributed by atoms with Gasteiger partial charge in [-0.2, -0.15) is 0 Å². The molecule has 33 heavy (non-hydrogen) atoms. The van der Waals surface area contributed by atoms with Crippen LogP contribution in [0.3, 0.4) is 0 Å². The highest BCUT2D eigenvalue weighted by molar-refractivity contribution is 5.74. The molecular weight excluding hydrogens is 416 g/mol. The molecule has 0 saturated carbocycles. The average Bonchev–Trinajstić information content (AvgIpc) is 3.02. The number of para-hydroxylation sites is 1. The van der Waals surface area contributed by atoms with Crippen molar-refractivity contribution in [1.29, 1.82) is 0 Å². The number of hydrogen-bond acceptors (Lipinski definition) is 9. The second-order valence-electron chi connectivity index (χ2n) is 8.07. The van der Waals surface area contributed by atoms with Crippen molar-refractivity contribution in [3.63, 3.8) is 0 Å². The van der Waals surface area contributed by atoms with Gasteiger partial charge in [-0.3, -0.25) is 0 Å². The van der Waals surface area contributed by atoms with E-state index in [9.17, 15) is 5.11 Å². The molecule has 1 unspecified atom stereocenters. The minimum atomic E-state index is 0.168. The van der Waals surface area contributed by atoms with E-state index in [4.69, 9.17) is 10.7 Å². The highest BCUT2D eigenvalue weighted by Crippen LogP contribution is 2.32. The van der Waals surface area contributed by atoms with E-state index in [2.05, 4.69) is 37.2 Å². The van der Waals surface area contributed by atoms with Crippen LogP contribution in [0.15, 0.2) is 48.7 Å². The van der Waals surface area contributed by atoms with Crippen LogP contribution in [0.4, 0.5) is 17.3 Å². The molecule has 4 N–H and O–H groups in total. The van der Waals surface area contributed by atoms with Gasteiger partial charge in [0.1, 0.15) is 11.6 Å². The molecule has 2 aromatic heterocycles. The number of phenols is 1. The van der Waals surface area contributed by atoms with Crippen molar-refractivity contribution in [2.75, 3.05) is 48.8 Å². The highest BCUT2D eigenvalue weighted by atomic mass is 16.3. The monoisotopic (exact) mass is 446 g/mol. The Morgan fingerprint density at radius 3 is 2.85 bits per heavy atom. The molecule has 0 spiro atoms. The van der Waals surface area contributed by atoms with Crippen LogP contribution in [0.25, 0.3) is 17.3 Å². The van der Waals surface area contributed by atoms with Crippen LogP contribution in [0.5, 0.6) is 5.75 Å². The molecule has 3 heterocycles. The third-order valence-corrected chi connectivity index (χ3v) is 5.82. The number of nitrogens with two attached hydrogens (primary N) is 1. The van der Waals surface area contributed by atoms with Crippen molar-refractivity contribution in [3.05, 3.63) is 54.5 Å². The third kappa shape index (κ3) is 5.20. The Bertz CT molecular complexity index is 1120. The Balaban J connectivity index is 1.55. The molecule has 1 aliphatic rings. The number of benzene rings is 1. The van der Waals surface area contributed by atoms with Crippen LogP contribution in [0.1, 0.15) is 19.2 Å². The van der Waals surface area contributed by atoms with E-state index in [1.54, 1.807) is 18.3 Å². The molecule has 9 nitrogen and oxygen atoms in total. The summed E-state index contributed by atoms with van der Waals surface area (Å²) < 4.78 is 0. The minimum absolute atomic E-state index is 0.168. The summed E-state index contributed by atoms with van der Waals surface area (Å²) in [5.41, 5.74) is 8.28. The lowest BCUT2D eigenvalue weighted by molar-refractivity contribution is 0.477. The summed E-state index contributed by atoms with van der Waals surface area (Å²) in [7, 11) is 1.91. The van der Waals surface area contributed by atoms with Gasteiger partial charge in [0.2, 0.25) is 0 Å². The zero-order chi connectivity index (χ0) is 23.2. The van der Waals surface area contributed by atoms with Crippen molar-refractivity contribution < 1.29 is 5.11 Å². The Morgan fingerprint density at radius 2 is 2.03 bits per heavy atom. The number of rotatable bonds is 6. The fraction of sp³-hybridized carbons (Fsp3) is 0.333. The van der Waals surface area contributed by atoms with E-state index in [1.165, 1.54) is 0 Å². The molecule has 1 fully saturated rings. The SMILES string of the molecule is CNC/C=C/c1nccc(N2CCN(c3cc(-c4ccccc4O)nnc3N)CCC2C)n1. The van der Waals surface area contributed by atoms with Crippen molar-refractivity contribution in [3.8, 4) is 17.0 Å². The van der Waals surface area contributed by atoms with Gasteiger partial charge in [0, 0.05) is 44.0 Å². The molecule has 4 rings (SSSR count). The number of aromatic hydroxyl groups is 1. The topological polar surface area (TPSA) is 116 Å². The second kappa shape index (κ2) is 10.3. The van der Waals surface area contributed by atoms with Crippen molar-refractivity contribution in [2.24, 2.45) is 0 Å². The Labute approximate surface area is 194 Å². The zero-order valence-electron chi connectivity index (χ0n) is 19.0. The summed E-state index contributed by atoms with van der Waals surface area (Å²) in [4.78, 5) is 13.7. The van der Waals surface area contributed by atoms with Gasteiger partial charge >= 0.3 is 0 Å². The molecule has 0 amide bonds. The summed E-state index contributed by atoms with van der Waals surface area (Å²) in [5.74, 6) is 2.17. The van der Waals surface area contributed by atoms with Crippen LogP contribution >= 0.6 is 0 Å². The zero-order valence-corrected chi connectivity index (χ0v) is 19.0. The molecule has 1 atom stereocenters. The van der Waals surface area contributed by atoms with Gasteiger partial charge in [-0.1, -0.05) is 18.2 Å². The summed E-state index contributed by atoms with van der Waals surface area (Å²) in [6, 6.07) is 11.3. The first-order chi connectivity index (χ1) is 16.1. The van der Waals surface area contributed by atoms with Crippen molar-refractivity contribution >= 4 is 23.4 Å². The van der Waals surface area contributed by atoms with Crippen LogP contribution < -0.4 is 20.9 Å². The van der Waals surface area contributed by atoms with Gasteiger partial charge in [-0.25, -0.2) is 9.97 Å². The summed E-state index contributed by atoms with van der Waals surface area (Å²) >= 11 is 0. The molecular formula is C24H30N8O. The van der Waals surface area contributed by atoms with E-state index >= 15 is 0 Å². The molecule has 1 aliphatic heterocycles. The predicted molar refractivity (Wildman–Crippen MR) is 132 cm³/mol. The van der Waals surface area contributed by atoms with Gasteiger partial charge in [0.15, 0.2) is 11.6 Å². The molecule has 1 aromatic carbocycles. The normalized spacial score (nSPS) is 16.8. The van der Waals surface area contributed by atoms with Crippen LogP contribution in [0.2, 0.25) is 0 Å². The lowest BCUT2D eigenvalue weighted by Gasteiger charge is -2.28. The Kier molecular flexibility index (Phi) is 6.99. The largest absolute Gasteiger partial charge is 0.507 e. The van der Waals surface area contributed by atoms with Gasteiger partial charge in [0.05, 0.1) is 11.4 Å².